The fraction of sp³-hybridized carbons (Fsp3) is 0.929. The lowest BCUT2D eigenvalue weighted by Crippen LogP contribution is -2.38. The van der Waals surface area contributed by atoms with Gasteiger partial charge in [-0.1, -0.05) is 25.7 Å². The van der Waals surface area contributed by atoms with Crippen LogP contribution in [0.4, 0.5) is 0 Å². The third-order valence-electron chi connectivity index (χ3n) is 3.60. The molecule has 0 unspecified atom stereocenters. The van der Waals surface area contributed by atoms with Crippen molar-refractivity contribution >= 4 is 29.9 Å². The van der Waals surface area contributed by atoms with Crippen LogP contribution in [0.15, 0.2) is 4.99 Å². The molecule has 4 nitrogen and oxygen atoms in total. The number of halogens is 1. The first-order valence-electron chi connectivity index (χ1n) is 7.30. The molecule has 0 aromatic rings. The normalized spacial score (nSPS) is 16.2. The lowest BCUT2D eigenvalue weighted by atomic mass is 10.0. The standard InChI is InChI=1S/C14H29N3O.HI/c1-15-14(17-11-6-12-18-2)16-10-5-9-13-7-3-4-8-13;/h13H,3-12H2,1-2H3,(H2,15,16,17);1H. The molecule has 0 saturated heterocycles. The van der Waals surface area contributed by atoms with Crippen molar-refractivity contribution in [3.63, 3.8) is 0 Å². The molecule has 0 aromatic heterocycles. The van der Waals surface area contributed by atoms with E-state index in [0.717, 1.165) is 38.0 Å². The van der Waals surface area contributed by atoms with Crippen molar-refractivity contribution < 1.29 is 4.74 Å². The molecular formula is C14H30IN3O. The van der Waals surface area contributed by atoms with Crippen LogP contribution >= 0.6 is 24.0 Å². The van der Waals surface area contributed by atoms with E-state index in [4.69, 9.17) is 4.74 Å². The van der Waals surface area contributed by atoms with Gasteiger partial charge in [-0.05, 0) is 25.2 Å². The second-order valence-electron chi connectivity index (χ2n) is 5.06. The molecule has 1 rings (SSSR count). The molecular weight excluding hydrogens is 353 g/mol. The average molecular weight is 383 g/mol. The minimum atomic E-state index is 0. The van der Waals surface area contributed by atoms with E-state index in [1.54, 1.807) is 7.11 Å². The predicted molar refractivity (Wildman–Crippen MR) is 92.5 cm³/mol. The van der Waals surface area contributed by atoms with E-state index in [1.807, 2.05) is 7.05 Å². The molecule has 1 aliphatic carbocycles. The van der Waals surface area contributed by atoms with Gasteiger partial charge in [0.25, 0.3) is 0 Å². The van der Waals surface area contributed by atoms with E-state index in [0.29, 0.717) is 0 Å². The Kier molecular flexibility index (Phi) is 12.9. The second kappa shape index (κ2) is 13.0. The van der Waals surface area contributed by atoms with Crippen LogP contribution in [0.5, 0.6) is 0 Å². The van der Waals surface area contributed by atoms with Crippen LogP contribution in [0.25, 0.3) is 0 Å². The molecule has 0 spiro atoms. The van der Waals surface area contributed by atoms with E-state index in [9.17, 15) is 0 Å². The Labute approximate surface area is 135 Å². The molecule has 5 heteroatoms. The molecule has 0 radical (unpaired) electrons. The summed E-state index contributed by atoms with van der Waals surface area (Å²) < 4.78 is 5.01. The molecule has 2 N–H and O–H groups in total. The smallest absolute Gasteiger partial charge is 0.190 e. The molecule has 0 aromatic carbocycles. The molecule has 1 fully saturated rings. The molecule has 1 saturated carbocycles. The SMILES string of the molecule is CN=C(NCCCOC)NCCCC1CCCC1.I. The number of nitrogens with zero attached hydrogens (tertiary/aromatic N) is 1. The summed E-state index contributed by atoms with van der Waals surface area (Å²) in [6.45, 7) is 2.74. The highest BCUT2D eigenvalue weighted by Crippen LogP contribution is 2.28. The average Bonchev–Trinajstić information content (AvgIpc) is 2.90. The third-order valence-corrected chi connectivity index (χ3v) is 3.60. The maximum absolute atomic E-state index is 5.01. The van der Waals surface area contributed by atoms with Gasteiger partial charge in [0.05, 0.1) is 0 Å². The van der Waals surface area contributed by atoms with Gasteiger partial charge in [0.15, 0.2) is 5.96 Å². The summed E-state index contributed by atoms with van der Waals surface area (Å²) in [5.41, 5.74) is 0. The molecule has 19 heavy (non-hydrogen) atoms. The molecule has 0 atom stereocenters. The summed E-state index contributed by atoms with van der Waals surface area (Å²) in [7, 11) is 3.55. The minimum Gasteiger partial charge on any atom is -0.385 e. The van der Waals surface area contributed by atoms with Crippen LogP contribution in [0, 0.1) is 5.92 Å². The van der Waals surface area contributed by atoms with E-state index < -0.39 is 0 Å². The van der Waals surface area contributed by atoms with Crippen LogP contribution in [0.1, 0.15) is 44.9 Å². The van der Waals surface area contributed by atoms with Crippen LogP contribution in [-0.2, 0) is 4.74 Å². The van der Waals surface area contributed by atoms with E-state index in [2.05, 4.69) is 15.6 Å². The molecule has 0 heterocycles. The van der Waals surface area contributed by atoms with Gasteiger partial charge in [-0.15, -0.1) is 24.0 Å². The number of hydrogen-bond donors (Lipinski definition) is 2. The first-order chi connectivity index (χ1) is 8.86. The van der Waals surface area contributed by atoms with Crippen molar-refractivity contribution in [1.29, 1.82) is 0 Å². The lowest BCUT2D eigenvalue weighted by Gasteiger charge is -2.13. The number of nitrogens with one attached hydrogen (secondary N) is 2. The summed E-state index contributed by atoms with van der Waals surface area (Å²) in [5.74, 6) is 1.90. The van der Waals surface area contributed by atoms with Crippen molar-refractivity contribution in [3.05, 3.63) is 0 Å². The number of ether oxygens (including phenoxy) is 1. The van der Waals surface area contributed by atoms with Crippen molar-refractivity contribution in [1.82, 2.24) is 10.6 Å². The summed E-state index contributed by atoms with van der Waals surface area (Å²) in [6, 6.07) is 0. The summed E-state index contributed by atoms with van der Waals surface area (Å²) in [5, 5.41) is 6.66. The predicted octanol–water partition coefficient (Wildman–Crippen LogP) is 2.78. The zero-order valence-corrected chi connectivity index (χ0v) is 14.7. The largest absolute Gasteiger partial charge is 0.385 e. The van der Waals surface area contributed by atoms with Crippen molar-refractivity contribution in [2.24, 2.45) is 10.9 Å². The highest BCUT2D eigenvalue weighted by molar-refractivity contribution is 14.0. The van der Waals surface area contributed by atoms with E-state index in [1.165, 1.54) is 38.5 Å². The van der Waals surface area contributed by atoms with Crippen LogP contribution < -0.4 is 10.6 Å². The van der Waals surface area contributed by atoms with Gasteiger partial charge in [0.1, 0.15) is 0 Å². The fourth-order valence-corrected chi connectivity index (χ4v) is 2.54. The molecule has 0 bridgehead atoms. The molecule has 0 aliphatic heterocycles. The first kappa shape index (κ1) is 19.0. The Hall–Kier alpha value is -0.0400. The van der Waals surface area contributed by atoms with Crippen LogP contribution in [-0.4, -0.2) is 39.8 Å². The van der Waals surface area contributed by atoms with Crippen molar-refractivity contribution in [2.45, 2.75) is 44.9 Å². The number of rotatable bonds is 8. The quantitative estimate of drug-likeness (QED) is 0.293. The minimum absolute atomic E-state index is 0. The van der Waals surface area contributed by atoms with Crippen molar-refractivity contribution in [2.75, 3.05) is 33.9 Å². The zero-order valence-electron chi connectivity index (χ0n) is 12.4. The highest BCUT2D eigenvalue weighted by atomic mass is 127. The van der Waals surface area contributed by atoms with Crippen molar-refractivity contribution in [3.8, 4) is 0 Å². The van der Waals surface area contributed by atoms with Crippen LogP contribution in [0.2, 0.25) is 0 Å². The number of hydrogen-bond acceptors (Lipinski definition) is 2. The highest BCUT2D eigenvalue weighted by Gasteiger charge is 2.13. The monoisotopic (exact) mass is 383 g/mol. The van der Waals surface area contributed by atoms with Gasteiger partial charge in [0.2, 0.25) is 0 Å². The maximum Gasteiger partial charge on any atom is 0.190 e. The molecule has 1 aliphatic rings. The van der Waals surface area contributed by atoms with E-state index in [-0.39, 0.29) is 24.0 Å². The Bertz CT molecular complexity index is 231. The van der Waals surface area contributed by atoms with E-state index >= 15 is 0 Å². The van der Waals surface area contributed by atoms with Gasteiger partial charge in [0, 0.05) is 33.9 Å². The molecule has 114 valence electrons. The maximum atomic E-state index is 5.01. The Morgan fingerprint density at radius 2 is 1.79 bits per heavy atom. The van der Waals surface area contributed by atoms with Gasteiger partial charge in [-0.3, -0.25) is 4.99 Å². The van der Waals surface area contributed by atoms with Gasteiger partial charge >= 0.3 is 0 Å². The first-order valence-corrected chi connectivity index (χ1v) is 7.30. The Morgan fingerprint density at radius 1 is 1.16 bits per heavy atom. The third kappa shape index (κ3) is 9.49. The van der Waals surface area contributed by atoms with Gasteiger partial charge in [-0.25, -0.2) is 0 Å². The number of guanidine groups is 1. The Morgan fingerprint density at radius 3 is 2.37 bits per heavy atom. The topological polar surface area (TPSA) is 45.7 Å². The Balaban J connectivity index is 0.00000324. The summed E-state index contributed by atoms with van der Waals surface area (Å²) in [6.07, 6.45) is 9.42. The fourth-order valence-electron chi connectivity index (χ4n) is 2.54. The van der Waals surface area contributed by atoms with Gasteiger partial charge < -0.3 is 15.4 Å². The zero-order chi connectivity index (χ0) is 13.1. The lowest BCUT2D eigenvalue weighted by molar-refractivity contribution is 0.195. The summed E-state index contributed by atoms with van der Waals surface area (Å²) >= 11 is 0. The summed E-state index contributed by atoms with van der Waals surface area (Å²) in [4.78, 5) is 4.21. The van der Waals surface area contributed by atoms with Crippen LogP contribution in [0.3, 0.4) is 0 Å². The second-order valence-corrected chi connectivity index (χ2v) is 5.06. The van der Waals surface area contributed by atoms with Gasteiger partial charge in [-0.2, -0.15) is 0 Å². The number of methoxy groups -OCH3 is 1. The number of aliphatic imine (C=N–C) groups is 1. The molecule has 0 amide bonds.